The maximum Gasteiger partial charge on any atom is 0.328 e. The number of hydrogen-bond donors (Lipinski definition) is 4. The van der Waals surface area contributed by atoms with Crippen molar-refractivity contribution in [2.75, 3.05) is 25.5 Å². The first-order chi connectivity index (χ1) is 14.9. The monoisotopic (exact) mass is 451 g/mol. The number of carbonyl (C=O) groups is 2. The van der Waals surface area contributed by atoms with Crippen molar-refractivity contribution >= 4 is 24.5 Å². The van der Waals surface area contributed by atoms with Crippen LogP contribution in [0.5, 0.6) is 0 Å². The molecule has 174 valence electrons. The van der Waals surface area contributed by atoms with Crippen molar-refractivity contribution in [2.45, 2.75) is 63.8 Å². The van der Waals surface area contributed by atoms with Gasteiger partial charge in [-0.3, -0.25) is 4.79 Å². The van der Waals surface area contributed by atoms with Gasteiger partial charge in [-0.15, -0.1) is 0 Å². The van der Waals surface area contributed by atoms with E-state index in [0.717, 1.165) is 12.0 Å². The Bertz CT molecular complexity index is 691. The number of carbonyl (C=O) groups excluding carboxylic acids is 2. The van der Waals surface area contributed by atoms with Crippen LogP contribution in [0, 0.1) is 5.92 Å². The van der Waals surface area contributed by atoms with Crippen molar-refractivity contribution < 1.29 is 19.1 Å². The maximum absolute atomic E-state index is 13.1. The average molecular weight is 452 g/mol. The fraction of sp³-hybridized carbons (Fsp3) is 0.652. The standard InChI is InChI=1S/C23H37N3O4S/c1-4-15(2)20(25-12-18(24)14-31)13-30-21(16(3)17-8-6-5-7-9-17)22(27)26-19-10-11-29-23(19)28/h5-9,15-16,18-21,25,31H,4,10-14,24H2,1-3H3,(H,26,27)/t15?,16-,18?,19+,20?,21?/m0/s1. The van der Waals surface area contributed by atoms with Crippen LogP contribution in [-0.4, -0.2) is 61.6 Å². The van der Waals surface area contributed by atoms with Gasteiger partial charge in [-0.1, -0.05) is 57.5 Å². The van der Waals surface area contributed by atoms with Crippen LogP contribution in [0.25, 0.3) is 0 Å². The summed E-state index contributed by atoms with van der Waals surface area (Å²) in [6, 6.07) is 9.17. The summed E-state index contributed by atoms with van der Waals surface area (Å²) in [6.45, 7) is 7.56. The number of cyclic esters (lactones) is 1. The third-order valence-electron chi connectivity index (χ3n) is 5.95. The van der Waals surface area contributed by atoms with E-state index in [9.17, 15) is 9.59 Å². The first kappa shape index (κ1) is 25.6. The molecule has 1 aliphatic rings. The zero-order chi connectivity index (χ0) is 22.8. The van der Waals surface area contributed by atoms with Crippen LogP contribution in [-0.2, 0) is 19.1 Å². The second-order valence-corrected chi connectivity index (χ2v) is 8.68. The van der Waals surface area contributed by atoms with Gasteiger partial charge in [-0.2, -0.15) is 12.6 Å². The number of hydrogen-bond acceptors (Lipinski definition) is 7. The molecule has 6 atom stereocenters. The highest BCUT2D eigenvalue weighted by molar-refractivity contribution is 7.80. The fourth-order valence-electron chi connectivity index (χ4n) is 3.54. The Kier molecular flexibility index (Phi) is 10.8. The molecule has 8 heteroatoms. The first-order valence-corrected chi connectivity index (χ1v) is 11.7. The van der Waals surface area contributed by atoms with Crippen LogP contribution in [0.1, 0.15) is 45.1 Å². The second kappa shape index (κ2) is 13.1. The Hall–Kier alpha value is -1.61. The molecule has 0 spiro atoms. The van der Waals surface area contributed by atoms with E-state index < -0.39 is 12.1 Å². The van der Waals surface area contributed by atoms with Crippen LogP contribution in [0.2, 0.25) is 0 Å². The number of rotatable bonds is 13. The summed E-state index contributed by atoms with van der Waals surface area (Å²) in [5.74, 6) is 0.0624. The van der Waals surface area contributed by atoms with Gasteiger partial charge in [0.15, 0.2) is 0 Å². The Morgan fingerprint density at radius 1 is 1.32 bits per heavy atom. The van der Waals surface area contributed by atoms with Gasteiger partial charge in [0.2, 0.25) is 5.91 Å². The molecule has 0 radical (unpaired) electrons. The zero-order valence-electron chi connectivity index (χ0n) is 18.8. The fourth-order valence-corrected chi connectivity index (χ4v) is 3.67. The number of nitrogens with two attached hydrogens (primary N) is 1. The van der Waals surface area contributed by atoms with Crippen molar-refractivity contribution in [3.63, 3.8) is 0 Å². The number of ether oxygens (including phenoxy) is 2. The quantitative estimate of drug-likeness (QED) is 0.270. The molecule has 4 N–H and O–H groups in total. The second-order valence-electron chi connectivity index (χ2n) is 8.31. The molecule has 0 aromatic heterocycles. The van der Waals surface area contributed by atoms with Gasteiger partial charge in [-0.25, -0.2) is 4.79 Å². The average Bonchev–Trinajstić information content (AvgIpc) is 3.19. The molecule has 1 aromatic rings. The minimum absolute atomic E-state index is 0.0469. The molecule has 4 unspecified atom stereocenters. The van der Waals surface area contributed by atoms with E-state index >= 15 is 0 Å². The van der Waals surface area contributed by atoms with Gasteiger partial charge in [0.05, 0.1) is 13.2 Å². The maximum atomic E-state index is 13.1. The third-order valence-corrected chi connectivity index (χ3v) is 6.42. The highest BCUT2D eigenvalue weighted by Crippen LogP contribution is 2.23. The molecule has 0 saturated carbocycles. The Balaban J connectivity index is 2.12. The van der Waals surface area contributed by atoms with E-state index in [1.165, 1.54) is 0 Å². The van der Waals surface area contributed by atoms with E-state index in [1.807, 2.05) is 37.3 Å². The minimum Gasteiger partial charge on any atom is -0.464 e. The van der Waals surface area contributed by atoms with Gasteiger partial charge in [0, 0.05) is 36.7 Å². The summed E-state index contributed by atoms with van der Waals surface area (Å²) >= 11 is 4.25. The van der Waals surface area contributed by atoms with Crippen LogP contribution in [0.4, 0.5) is 0 Å². The lowest BCUT2D eigenvalue weighted by Crippen LogP contribution is -2.49. The van der Waals surface area contributed by atoms with Gasteiger partial charge >= 0.3 is 5.97 Å². The molecule has 1 saturated heterocycles. The minimum atomic E-state index is -0.734. The molecule has 7 nitrogen and oxygen atoms in total. The van der Waals surface area contributed by atoms with Crippen LogP contribution < -0.4 is 16.4 Å². The number of amides is 1. The molecule has 1 aromatic carbocycles. The van der Waals surface area contributed by atoms with Gasteiger partial charge < -0.3 is 25.8 Å². The van der Waals surface area contributed by atoms with E-state index in [1.54, 1.807) is 0 Å². The molecule has 1 heterocycles. The van der Waals surface area contributed by atoms with Crippen molar-refractivity contribution in [1.82, 2.24) is 10.6 Å². The van der Waals surface area contributed by atoms with Crippen LogP contribution in [0.3, 0.4) is 0 Å². The molecule has 1 amide bonds. The van der Waals surface area contributed by atoms with E-state index in [-0.39, 0.29) is 29.9 Å². The lowest BCUT2D eigenvalue weighted by atomic mass is 9.94. The molecular formula is C23H37N3O4S. The van der Waals surface area contributed by atoms with Gasteiger partial charge in [0.25, 0.3) is 0 Å². The lowest BCUT2D eigenvalue weighted by molar-refractivity contribution is -0.144. The predicted octanol–water partition coefficient (Wildman–Crippen LogP) is 1.87. The molecule has 2 rings (SSSR count). The van der Waals surface area contributed by atoms with Crippen molar-refractivity contribution in [3.8, 4) is 0 Å². The van der Waals surface area contributed by atoms with Crippen molar-refractivity contribution in [2.24, 2.45) is 11.7 Å². The predicted molar refractivity (Wildman–Crippen MR) is 125 cm³/mol. The SMILES string of the molecule is CCC(C)C(COC(C(=O)N[C@@H]1CCOC1=O)[C@@H](C)c1ccccc1)NCC(N)CS. The molecule has 31 heavy (non-hydrogen) atoms. The number of benzene rings is 1. The normalized spacial score (nSPS) is 21.1. The van der Waals surface area contributed by atoms with Crippen LogP contribution in [0.15, 0.2) is 30.3 Å². The summed E-state index contributed by atoms with van der Waals surface area (Å²) in [6.07, 6.45) is 0.717. The van der Waals surface area contributed by atoms with Gasteiger partial charge in [0.1, 0.15) is 12.1 Å². The Morgan fingerprint density at radius 3 is 2.61 bits per heavy atom. The van der Waals surface area contributed by atoms with E-state index in [2.05, 4.69) is 37.1 Å². The van der Waals surface area contributed by atoms with Crippen LogP contribution >= 0.6 is 12.6 Å². The number of thiol groups is 1. The summed E-state index contributed by atoms with van der Waals surface area (Å²) < 4.78 is 11.2. The van der Waals surface area contributed by atoms with E-state index in [0.29, 0.717) is 37.9 Å². The van der Waals surface area contributed by atoms with Crippen molar-refractivity contribution in [3.05, 3.63) is 35.9 Å². The molecule has 0 bridgehead atoms. The molecule has 1 fully saturated rings. The first-order valence-electron chi connectivity index (χ1n) is 11.1. The molecular weight excluding hydrogens is 414 g/mol. The van der Waals surface area contributed by atoms with Gasteiger partial charge in [-0.05, 0) is 11.5 Å². The zero-order valence-corrected chi connectivity index (χ0v) is 19.6. The summed E-state index contributed by atoms with van der Waals surface area (Å²) in [5.41, 5.74) is 7.01. The molecule has 1 aliphatic heterocycles. The smallest absolute Gasteiger partial charge is 0.328 e. The summed E-state index contributed by atoms with van der Waals surface area (Å²) in [5, 5.41) is 6.29. The summed E-state index contributed by atoms with van der Waals surface area (Å²) in [4.78, 5) is 25.0. The Morgan fingerprint density at radius 2 is 2.03 bits per heavy atom. The van der Waals surface area contributed by atoms with E-state index in [4.69, 9.17) is 15.2 Å². The Labute approximate surface area is 191 Å². The largest absolute Gasteiger partial charge is 0.464 e. The third kappa shape index (κ3) is 7.79. The number of nitrogens with one attached hydrogen (secondary N) is 2. The topological polar surface area (TPSA) is 103 Å². The highest BCUT2D eigenvalue weighted by atomic mass is 32.1. The van der Waals surface area contributed by atoms with Crippen molar-refractivity contribution in [1.29, 1.82) is 0 Å². The number of esters is 1. The molecule has 0 aliphatic carbocycles. The summed E-state index contributed by atoms with van der Waals surface area (Å²) in [7, 11) is 0. The highest BCUT2D eigenvalue weighted by Gasteiger charge is 2.34. The lowest BCUT2D eigenvalue weighted by Gasteiger charge is -2.30.